The maximum atomic E-state index is 12.5. The molecule has 2 atom stereocenters. The molecule has 19 heavy (non-hydrogen) atoms. The molecule has 2 heteroatoms. The molecule has 0 spiro atoms. The van der Waals surface area contributed by atoms with Crippen LogP contribution in [0.25, 0.3) is 0 Å². The van der Waals surface area contributed by atoms with Gasteiger partial charge in [-0.15, -0.1) is 0 Å². The fourth-order valence-electron chi connectivity index (χ4n) is 2.78. The van der Waals surface area contributed by atoms with E-state index in [1.54, 1.807) is 0 Å². The fraction of sp³-hybridized carbons (Fsp3) is 0.588. The van der Waals surface area contributed by atoms with E-state index in [1.807, 2.05) is 12.1 Å². The number of carbonyl (C=O) groups is 1. The lowest BCUT2D eigenvalue weighted by Gasteiger charge is -2.15. The van der Waals surface area contributed by atoms with Crippen LogP contribution in [0.15, 0.2) is 24.3 Å². The molecule has 1 aromatic rings. The average Bonchev–Trinajstić information content (AvgIpc) is 2.93. The fourth-order valence-corrected chi connectivity index (χ4v) is 2.78. The lowest BCUT2D eigenvalue weighted by molar-refractivity contribution is 0.0689. The summed E-state index contributed by atoms with van der Waals surface area (Å²) in [4.78, 5) is 12.5. The summed E-state index contributed by atoms with van der Waals surface area (Å²) in [5.41, 5.74) is 2.17. The van der Waals surface area contributed by atoms with Gasteiger partial charge in [-0.3, -0.25) is 4.79 Å². The molecule has 104 valence electrons. The minimum absolute atomic E-state index is 0.0616. The predicted octanol–water partition coefficient (Wildman–Crippen LogP) is 4.03. The number of carbonyl (C=O) groups excluding carboxylic acids is 1. The van der Waals surface area contributed by atoms with Crippen molar-refractivity contribution >= 4 is 5.78 Å². The summed E-state index contributed by atoms with van der Waals surface area (Å²) in [6.45, 7) is 5.01. The van der Waals surface area contributed by atoms with Crippen LogP contribution in [0.3, 0.4) is 0 Å². The Kier molecular flexibility index (Phi) is 5.15. The molecule has 1 fully saturated rings. The summed E-state index contributed by atoms with van der Waals surface area (Å²) in [6, 6.07) is 8.16. The van der Waals surface area contributed by atoms with E-state index in [2.05, 4.69) is 26.0 Å². The number of Topliss-reactive ketones (excluding diaryl/α,β-unsaturated/α-hetero) is 1. The molecular formula is C17H24O2. The third-order valence-corrected chi connectivity index (χ3v) is 4.01. The number of ether oxygens (including phenoxy) is 1. The Morgan fingerprint density at radius 3 is 2.63 bits per heavy atom. The zero-order valence-corrected chi connectivity index (χ0v) is 12.0. The summed E-state index contributed by atoms with van der Waals surface area (Å²) in [5.74, 6) is 0.317. The van der Waals surface area contributed by atoms with Crippen LogP contribution in [0.1, 0.15) is 55.5 Å². The molecule has 0 radical (unpaired) electrons. The number of hydrogen-bond acceptors (Lipinski definition) is 2. The number of rotatable bonds is 6. The van der Waals surface area contributed by atoms with E-state index in [0.29, 0.717) is 0 Å². The zero-order valence-electron chi connectivity index (χ0n) is 12.0. The number of ketones is 1. The Bertz CT molecular complexity index is 408. The second-order valence-electron chi connectivity index (χ2n) is 5.38. The van der Waals surface area contributed by atoms with Gasteiger partial charge in [0.1, 0.15) is 0 Å². The van der Waals surface area contributed by atoms with Gasteiger partial charge in [0, 0.05) is 12.2 Å². The SMILES string of the molecule is CCCCc1ccc(C(=O)C2CCOC2CC)cc1. The highest BCUT2D eigenvalue weighted by molar-refractivity contribution is 5.98. The molecule has 1 aliphatic heterocycles. The molecule has 2 nitrogen and oxygen atoms in total. The number of hydrogen-bond donors (Lipinski definition) is 0. The number of benzene rings is 1. The molecule has 2 unspecified atom stereocenters. The quantitative estimate of drug-likeness (QED) is 0.722. The van der Waals surface area contributed by atoms with Crippen LogP contribution in [-0.2, 0) is 11.2 Å². The molecule has 0 N–H and O–H groups in total. The minimum atomic E-state index is 0.0616. The number of unbranched alkanes of at least 4 members (excludes halogenated alkanes) is 1. The predicted molar refractivity (Wildman–Crippen MR) is 77.5 cm³/mol. The van der Waals surface area contributed by atoms with Crippen LogP contribution < -0.4 is 0 Å². The van der Waals surface area contributed by atoms with E-state index in [4.69, 9.17) is 4.74 Å². The van der Waals surface area contributed by atoms with E-state index in [-0.39, 0.29) is 17.8 Å². The van der Waals surface area contributed by atoms with E-state index >= 15 is 0 Å². The molecular weight excluding hydrogens is 236 g/mol. The first kappa shape index (κ1) is 14.3. The summed E-state index contributed by atoms with van der Waals surface area (Å²) >= 11 is 0. The van der Waals surface area contributed by atoms with Crippen LogP contribution >= 0.6 is 0 Å². The maximum Gasteiger partial charge on any atom is 0.168 e. The van der Waals surface area contributed by atoms with Gasteiger partial charge in [0.25, 0.3) is 0 Å². The minimum Gasteiger partial charge on any atom is -0.377 e. The van der Waals surface area contributed by atoms with Gasteiger partial charge in [-0.2, -0.15) is 0 Å². The second kappa shape index (κ2) is 6.85. The molecule has 1 aliphatic rings. The Morgan fingerprint density at radius 2 is 2.00 bits per heavy atom. The van der Waals surface area contributed by atoms with E-state index in [9.17, 15) is 4.79 Å². The van der Waals surface area contributed by atoms with Crippen molar-refractivity contribution in [3.05, 3.63) is 35.4 Å². The molecule has 1 saturated heterocycles. The Balaban J connectivity index is 2.03. The van der Waals surface area contributed by atoms with Crippen molar-refractivity contribution < 1.29 is 9.53 Å². The van der Waals surface area contributed by atoms with Crippen molar-refractivity contribution in [3.8, 4) is 0 Å². The van der Waals surface area contributed by atoms with Crippen LogP contribution in [-0.4, -0.2) is 18.5 Å². The molecule has 1 aromatic carbocycles. The summed E-state index contributed by atoms with van der Waals surface area (Å²) in [6.07, 6.45) is 5.43. The molecule has 2 rings (SSSR count). The Hall–Kier alpha value is -1.15. The van der Waals surface area contributed by atoms with Gasteiger partial charge in [0.15, 0.2) is 5.78 Å². The molecule has 0 saturated carbocycles. The van der Waals surface area contributed by atoms with Gasteiger partial charge in [-0.1, -0.05) is 44.5 Å². The Morgan fingerprint density at radius 1 is 1.26 bits per heavy atom. The topological polar surface area (TPSA) is 26.3 Å². The van der Waals surface area contributed by atoms with Crippen LogP contribution in [0.4, 0.5) is 0 Å². The third kappa shape index (κ3) is 3.44. The standard InChI is InChI=1S/C17H24O2/c1-3-5-6-13-7-9-14(10-8-13)17(18)15-11-12-19-16(15)4-2/h7-10,15-16H,3-6,11-12H2,1-2H3. The molecule has 1 heterocycles. The first-order chi connectivity index (χ1) is 9.26. The first-order valence-electron chi connectivity index (χ1n) is 7.51. The molecule has 0 amide bonds. The van der Waals surface area contributed by atoms with Gasteiger partial charge in [0.2, 0.25) is 0 Å². The molecule has 0 bridgehead atoms. The van der Waals surface area contributed by atoms with Crippen molar-refractivity contribution in [3.63, 3.8) is 0 Å². The largest absolute Gasteiger partial charge is 0.377 e. The first-order valence-corrected chi connectivity index (χ1v) is 7.51. The van der Waals surface area contributed by atoms with Crippen molar-refractivity contribution in [1.29, 1.82) is 0 Å². The normalized spacial score (nSPS) is 22.6. The Labute approximate surface area is 116 Å². The summed E-state index contributed by atoms with van der Waals surface area (Å²) < 4.78 is 5.61. The highest BCUT2D eigenvalue weighted by Gasteiger charge is 2.33. The summed E-state index contributed by atoms with van der Waals surface area (Å²) in [7, 11) is 0. The third-order valence-electron chi connectivity index (χ3n) is 4.01. The van der Waals surface area contributed by atoms with Gasteiger partial charge >= 0.3 is 0 Å². The average molecular weight is 260 g/mol. The smallest absolute Gasteiger partial charge is 0.168 e. The van der Waals surface area contributed by atoms with Crippen molar-refractivity contribution in [2.75, 3.05) is 6.61 Å². The number of aryl methyl sites for hydroxylation is 1. The monoisotopic (exact) mass is 260 g/mol. The lowest BCUT2D eigenvalue weighted by Crippen LogP contribution is -2.23. The van der Waals surface area contributed by atoms with E-state index < -0.39 is 0 Å². The van der Waals surface area contributed by atoms with Gasteiger partial charge in [-0.25, -0.2) is 0 Å². The van der Waals surface area contributed by atoms with E-state index in [1.165, 1.54) is 18.4 Å². The summed E-state index contributed by atoms with van der Waals surface area (Å²) in [5, 5.41) is 0. The maximum absolute atomic E-state index is 12.5. The van der Waals surface area contributed by atoms with Crippen LogP contribution in [0, 0.1) is 5.92 Å². The van der Waals surface area contributed by atoms with Gasteiger partial charge in [0.05, 0.1) is 12.0 Å². The zero-order chi connectivity index (χ0) is 13.7. The van der Waals surface area contributed by atoms with Gasteiger partial charge < -0.3 is 4.74 Å². The van der Waals surface area contributed by atoms with Gasteiger partial charge in [-0.05, 0) is 31.2 Å². The lowest BCUT2D eigenvalue weighted by atomic mass is 9.90. The van der Waals surface area contributed by atoms with Crippen molar-refractivity contribution in [1.82, 2.24) is 0 Å². The van der Waals surface area contributed by atoms with E-state index in [0.717, 1.165) is 31.4 Å². The molecule has 0 aliphatic carbocycles. The van der Waals surface area contributed by atoms with Crippen LogP contribution in [0.2, 0.25) is 0 Å². The second-order valence-corrected chi connectivity index (χ2v) is 5.38. The van der Waals surface area contributed by atoms with Crippen molar-refractivity contribution in [2.45, 2.75) is 52.1 Å². The van der Waals surface area contributed by atoms with Crippen molar-refractivity contribution in [2.24, 2.45) is 5.92 Å². The highest BCUT2D eigenvalue weighted by Crippen LogP contribution is 2.27. The molecule has 0 aromatic heterocycles. The van der Waals surface area contributed by atoms with Crippen LogP contribution in [0.5, 0.6) is 0 Å². The highest BCUT2D eigenvalue weighted by atomic mass is 16.5.